The van der Waals surface area contributed by atoms with Gasteiger partial charge in [0.05, 0.1) is 0 Å². The van der Waals surface area contributed by atoms with Crippen LogP contribution in [0.2, 0.25) is 0 Å². The van der Waals surface area contributed by atoms with Crippen molar-refractivity contribution < 1.29 is 0 Å². The Hall–Kier alpha value is -1.13. The quantitative estimate of drug-likeness (QED) is 0.871. The minimum Gasteiger partial charge on any atom is -0.351 e. The van der Waals surface area contributed by atoms with Gasteiger partial charge in [-0.2, -0.15) is 0 Å². The van der Waals surface area contributed by atoms with Crippen molar-refractivity contribution in [3.05, 3.63) is 23.4 Å². The number of likely N-dealkylation sites (N-methyl/N-ethyl adjacent to an activating group) is 1. The SMILES string of the molecule is CCCc1cc(CNCC)cc(N2CCN(C)CC2C)n1. The van der Waals surface area contributed by atoms with Crippen molar-refractivity contribution in [3.63, 3.8) is 0 Å². The van der Waals surface area contributed by atoms with Gasteiger partial charge in [-0.1, -0.05) is 20.3 Å². The molecule has 4 nitrogen and oxygen atoms in total. The van der Waals surface area contributed by atoms with Crippen molar-refractivity contribution >= 4 is 5.82 Å². The Labute approximate surface area is 129 Å². The van der Waals surface area contributed by atoms with Gasteiger partial charge in [-0.25, -0.2) is 4.98 Å². The van der Waals surface area contributed by atoms with Crippen LogP contribution in [0, 0.1) is 0 Å². The number of rotatable bonds is 6. The molecule has 1 unspecified atom stereocenters. The predicted octanol–water partition coefficient (Wildman–Crippen LogP) is 2.28. The van der Waals surface area contributed by atoms with Crippen LogP contribution >= 0.6 is 0 Å². The Morgan fingerprint density at radius 1 is 1.29 bits per heavy atom. The van der Waals surface area contributed by atoms with E-state index in [-0.39, 0.29) is 0 Å². The van der Waals surface area contributed by atoms with Crippen molar-refractivity contribution in [2.24, 2.45) is 0 Å². The summed E-state index contributed by atoms with van der Waals surface area (Å²) >= 11 is 0. The summed E-state index contributed by atoms with van der Waals surface area (Å²) in [4.78, 5) is 9.78. The molecule has 0 saturated carbocycles. The number of piperazine rings is 1. The highest BCUT2D eigenvalue weighted by Gasteiger charge is 2.23. The van der Waals surface area contributed by atoms with Gasteiger partial charge < -0.3 is 15.1 Å². The summed E-state index contributed by atoms with van der Waals surface area (Å²) < 4.78 is 0. The average molecular weight is 290 g/mol. The van der Waals surface area contributed by atoms with Crippen LogP contribution in [0.15, 0.2) is 12.1 Å². The van der Waals surface area contributed by atoms with Crippen LogP contribution in [0.3, 0.4) is 0 Å². The summed E-state index contributed by atoms with van der Waals surface area (Å²) in [6.07, 6.45) is 2.21. The minimum absolute atomic E-state index is 0.528. The molecule has 118 valence electrons. The molecule has 0 bridgehead atoms. The van der Waals surface area contributed by atoms with E-state index in [9.17, 15) is 0 Å². The first kappa shape index (κ1) is 16.2. The normalized spacial score (nSPS) is 20.0. The molecule has 0 radical (unpaired) electrons. The molecule has 0 aromatic carbocycles. The van der Waals surface area contributed by atoms with Crippen LogP contribution in [0.1, 0.15) is 38.4 Å². The van der Waals surface area contributed by atoms with Crippen LogP contribution in [-0.4, -0.2) is 49.2 Å². The monoisotopic (exact) mass is 290 g/mol. The lowest BCUT2D eigenvalue weighted by Gasteiger charge is -2.39. The van der Waals surface area contributed by atoms with Crippen molar-refractivity contribution in [2.75, 3.05) is 38.1 Å². The van der Waals surface area contributed by atoms with E-state index in [1.165, 1.54) is 11.3 Å². The van der Waals surface area contributed by atoms with E-state index in [0.29, 0.717) is 6.04 Å². The molecule has 2 rings (SSSR count). The molecule has 4 heteroatoms. The first-order chi connectivity index (χ1) is 10.1. The number of aromatic nitrogens is 1. The van der Waals surface area contributed by atoms with Crippen LogP contribution in [-0.2, 0) is 13.0 Å². The molecule has 0 aliphatic carbocycles. The maximum atomic E-state index is 4.91. The summed E-state index contributed by atoms with van der Waals surface area (Å²) in [5, 5.41) is 3.43. The molecular formula is C17H30N4. The fraction of sp³-hybridized carbons (Fsp3) is 0.706. The summed E-state index contributed by atoms with van der Waals surface area (Å²) in [5.41, 5.74) is 2.59. The van der Waals surface area contributed by atoms with Gasteiger partial charge in [0.15, 0.2) is 0 Å². The topological polar surface area (TPSA) is 31.4 Å². The fourth-order valence-corrected chi connectivity index (χ4v) is 3.02. The molecule has 1 N–H and O–H groups in total. The molecule has 0 amide bonds. The molecule has 2 heterocycles. The van der Waals surface area contributed by atoms with Gasteiger partial charge >= 0.3 is 0 Å². The van der Waals surface area contributed by atoms with Crippen LogP contribution in [0.4, 0.5) is 5.82 Å². The number of pyridine rings is 1. The highest BCUT2D eigenvalue weighted by Crippen LogP contribution is 2.21. The third-order valence-corrected chi connectivity index (χ3v) is 4.13. The smallest absolute Gasteiger partial charge is 0.129 e. The van der Waals surface area contributed by atoms with Gasteiger partial charge in [0.25, 0.3) is 0 Å². The van der Waals surface area contributed by atoms with Gasteiger partial charge in [0.2, 0.25) is 0 Å². The second-order valence-electron chi connectivity index (χ2n) is 6.16. The van der Waals surface area contributed by atoms with E-state index >= 15 is 0 Å². The molecule has 21 heavy (non-hydrogen) atoms. The lowest BCUT2D eigenvalue weighted by Crippen LogP contribution is -2.50. The fourth-order valence-electron chi connectivity index (χ4n) is 3.02. The number of nitrogens with zero attached hydrogens (tertiary/aromatic N) is 3. The average Bonchev–Trinajstić information content (AvgIpc) is 2.45. The second-order valence-corrected chi connectivity index (χ2v) is 6.16. The molecule has 1 aliphatic heterocycles. The van der Waals surface area contributed by atoms with Gasteiger partial charge in [-0.3, -0.25) is 0 Å². The summed E-state index contributed by atoms with van der Waals surface area (Å²) in [7, 11) is 2.20. The van der Waals surface area contributed by atoms with Gasteiger partial charge in [-0.15, -0.1) is 0 Å². The Morgan fingerprint density at radius 3 is 2.76 bits per heavy atom. The molecule has 1 aliphatic rings. The summed E-state index contributed by atoms with van der Waals surface area (Å²) in [5.74, 6) is 1.16. The Balaban J connectivity index is 2.21. The first-order valence-corrected chi connectivity index (χ1v) is 8.29. The zero-order chi connectivity index (χ0) is 15.2. The number of anilines is 1. The zero-order valence-electron chi connectivity index (χ0n) is 14.0. The number of hydrogen-bond acceptors (Lipinski definition) is 4. The molecule has 1 aromatic heterocycles. The largest absolute Gasteiger partial charge is 0.351 e. The Bertz CT molecular complexity index is 446. The van der Waals surface area contributed by atoms with Gasteiger partial charge in [0, 0.05) is 37.9 Å². The van der Waals surface area contributed by atoms with Crippen LogP contribution in [0.5, 0.6) is 0 Å². The van der Waals surface area contributed by atoms with E-state index in [1.54, 1.807) is 0 Å². The first-order valence-electron chi connectivity index (χ1n) is 8.29. The van der Waals surface area contributed by atoms with Crippen molar-refractivity contribution in [1.82, 2.24) is 15.2 Å². The highest BCUT2D eigenvalue weighted by atomic mass is 15.3. The van der Waals surface area contributed by atoms with Crippen molar-refractivity contribution in [3.8, 4) is 0 Å². The Morgan fingerprint density at radius 2 is 2.10 bits per heavy atom. The van der Waals surface area contributed by atoms with E-state index in [0.717, 1.165) is 51.4 Å². The summed E-state index contributed by atoms with van der Waals surface area (Å²) in [6.45, 7) is 11.9. The van der Waals surface area contributed by atoms with Crippen LogP contribution < -0.4 is 10.2 Å². The van der Waals surface area contributed by atoms with E-state index in [1.807, 2.05) is 0 Å². The van der Waals surface area contributed by atoms with Crippen molar-refractivity contribution in [2.45, 2.75) is 46.2 Å². The predicted molar refractivity (Wildman–Crippen MR) is 89.9 cm³/mol. The van der Waals surface area contributed by atoms with Gasteiger partial charge in [0.1, 0.15) is 5.82 Å². The molecule has 1 atom stereocenters. The lowest BCUT2D eigenvalue weighted by molar-refractivity contribution is 0.274. The molecule has 0 spiro atoms. The van der Waals surface area contributed by atoms with Gasteiger partial charge in [-0.05, 0) is 44.6 Å². The Kier molecular flexibility index (Phi) is 6.00. The zero-order valence-corrected chi connectivity index (χ0v) is 14.0. The third-order valence-electron chi connectivity index (χ3n) is 4.13. The maximum Gasteiger partial charge on any atom is 0.129 e. The number of nitrogens with one attached hydrogen (secondary N) is 1. The van der Waals surface area contributed by atoms with Crippen molar-refractivity contribution in [1.29, 1.82) is 0 Å². The van der Waals surface area contributed by atoms with Crippen LogP contribution in [0.25, 0.3) is 0 Å². The maximum absolute atomic E-state index is 4.91. The second kappa shape index (κ2) is 7.76. The molecule has 1 saturated heterocycles. The van der Waals surface area contributed by atoms with E-state index in [4.69, 9.17) is 4.98 Å². The molecule has 1 fully saturated rings. The lowest BCUT2D eigenvalue weighted by atomic mass is 10.1. The highest BCUT2D eigenvalue weighted by molar-refractivity contribution is 5.44. The number of hydrogen-bond donors (Lipinski definition) is 1. The van der Waals surface area contributed by atoms with E-state index < -0.39 is 0 Å². The third kappa shape index (κ3) is 4.42. The molecule has 1 aromatic rings. The summed E-state index contributed by atoms with van der Waals surface area (Å²) in [6, 6.07) is 5.06. The standard InChI is InChI=1S/C17H30N4/c1-5-7-16-10-15(12-18-6-2)11-17(19-16)21-9-8-20(4)13-14(21)3/h10-11,14,18H,5-9,12-13H2,1-4H3. The number of aryl methyl sites for hydroxylation is 1. The van der Waals surface area contributed by atoms with E-state index in [2.05, 4.69) is 55.1 Å². The molecular weight excluding hydrogens is 260 g/mol. The minimum atomic E-state index is 0.528.